The molecule has 0 spiro atoms. The molecular formula is C13H28N2O2. The lowest BCUT2D eigenvalue weighted by atomic mass is 10.2. The van der Waals surface area contributed by atoms with Crippen LogP contribution in [0.25, 0.3) is 0 Å². The highest BCUT2D eigenvalue weighted by molar-refractivity contribution is 5.68. The van der Waals surface area contributed by atoms with E-state index in [4.69, 9.17) is 10.5 Å². The summed E-state index contributed by atoms with van der Waals surface area (Å²) in [4.78, 5) is 13.7. The molecule has 102 valence electrons. The first-order chi connectivity index (χ1) is 7.90. The van der Waals surface area contributed by atoms with Gasteiger partial charge in [-0.15, -0.1) is 0 Å². The Hall–Kier alpha value is -0.770. The molecule has 4 heteroatoms. The van der Waals surface area contributed by atoms with Crippen LogP contribution in [-0.4, -0.2) is 36.2 Å². The molecule has 0 fully saturated rings. The second-order valence-electron chi connectivity index (χ2n) is 5.32. The third-order valence-corrected chi connectivity index (χ3v) is 2.32. The van der Waals surface area contributed by atoms with Gasteiger partial charge in [0.25, 0.3) is 0 Å². The van der Waals surface area contributed by atoms with Gasteiger partial charge in [-0.2, -0.15) is 0 Å². The molecule has 0 aliphatic carbocycles. The van der Waals surface area contributed by atoms with Gasteiger partial charge < -0.3 is 15.4 Å². The molecule has 0 aliphatic rings. The summed E-state index contributed by atoms with van der Waals surface area (Å²) < 4.78 is 5.38. The highest BCUT2D eigenvalue weighted by atomic mass is 16.6. The number of carbonyl (C=O) groups is 1. The van der Waals surface area contributed by atoms with E-state index in [1.165, 1.54) is 0 Å². The van der Waals surface area contributed by atoms with Gasteiger partial charge in [-0.25, -0.2) is 4.79 Å². The minimum absolute atomic E-state index is 0.206. The zero-order chi connectivity index (χ0) is 13.3. The van der Waals surface area contributed by atoms with Crippen LogP contribution < -0.4 is 5.73 Å². The highest BCUT2D eigenvalue weighted by Gasteiger charge is 2.21. The molecule has 0 aromatic carbocycles. The van der Waals surface area contributed by atoms with Crippen LogP contribution in [0.15, 0.2) is 0 Å². The maximum absolute atomic E-state index is 11.9. The van der Waals surface area contributed by atoms with Crippen molar-refractivity contribution < 1.29 is 9.53 Å². The van der Waals surface area contributed by atoms with Gasteiger partial charge in [0.1, 0.15) is 5.60 Å². The maximum Gasteiger partial charge on any atom is 0.410 e. The Kier molecular flexibility index (Phi) is 7.96. The van der Waals surface area contributed by atoms with Crippen LogP contribution in [0.2, 0.25) is 0 Å². The predicted molar refractivity (Wildman–Crippen MR) is 71.0 cm³/mol. The predicted octanol–water partition coefficient (Wildman–Crippen LogP) is 2.76. The fourth-order valence-electron chi connectivity index (χ4n) is 1.42. The van der Waals surface area contributed by atoms with Crippen LogP contribution in [0.5, 0.6) is 0 Å². The van der Waals surface area contributed by atoms with Gasteiger partial charge in [0.2, 0.25) is 0 Å². The number of nitrogens with two attached hydrogens (primary N) is 1. The summed E-state index contributed by atoms with van der Waals surface area (Å²) in [6.07, 6.45) is 3.78. The minimum Gasteiger partial charge on any atom is -0.444 e. The Morgan fingerprint density at radius 1 is 1.18 bits per heavy atom. The fourth-order valence-corrected chi connectivity index (χ4v) is 1.42. The molecule has 0 saturated carbocycles. The van der Waals surface area contributed by atoms with Crippen molar-refractivity contribution in [2.45, 2.75) is 59.0 Å². The van der Waals surface area contributed by atoms with Crippen molar-refractivity contribution in [2.75, 3.05) is 19.6 Å². The molecule has 4 nitrogen and oxygen atoms in total. The van der Waals surface area contributed by atoms with Crippen LogP contribution in [0, 0.1) is 0 Å². The van der Waals surface area contributed by atoms with Gasteiger partial charge in [-0.05, 0) is 46.6 Å². The Morgan fingerprint density at radius 3 is 2.24 bits per heavy atom. The van der Waals surface area contributed by atoms with E-state index in [2.05, 4.69) is 6.92 Å². The normalized spacial score (nSPS) is 11.4. The average molecular weight is 244 g/mol. The summed E-state index contributed by atoms with van der Waals surface area (Å²) in [6, 6.07) is 0. The summed E-state index contributed by atoms with van der Waals surface area (Å²) in [7, 11) is 0. The summed E-state index contributed by atoms with van der Waals surface area (Å²) in [6.45, 7) is 9.99. The van der Waals surface area contributed by atoms with E-state index in [1.54, 1.807) is 4.90 Å². The van der Waals surface area contributed by atoms with Crippen LogP contribution in [0.3, 0.4) is 0 Å². The number of nitrogens with zero attached hydrogens (tertiary/aromatic N) is 1. The number of hydrogen-bond acceptors (Lipinski definition) is 3. The minimum atomic E-state index is -0.421. The average Bonchev–Trinajstić information content (AvgIpc) is 2.20. The monoisotopic (exact) mass is 244 g/mol. The highest BCUT2D eigenvalue weighted by Crippen LogP contribution is 2.11. The lowest BCUT2D eigenvalue weighted by molar-refractivity contribution is 0.0245. The van der Waals surface area contributed by atoms with Gasteiger partial charge in [-0.1, -0.05) is 13.3 Å². The lowest BCUT2D eigenvalue weighted by Gasteiger charge is -2.27. The van der Waals surface area contributed by atoms with E-state index in [1.807, 2.05) is 20.8 Å². The molecule has 0 radical (unpaired) electrons. The third-order valence-electron chi connectivity index (χ3n) is 2.32. The first kappa shape index (κ1) is 16.2. The molecule has 0 saturated heterocycles. The van der Waals surface area contributed by atoms with Gasteiger partial charge in [0.15, 0.2) is 0 Å². The molecule has 0 aromatic heterocycles. The molecule has 1 amide bonds. The van der Waals surface area contributed by atoms with Crippen LogP contribution in [0.1, 0.15) is 53.4 Å². The van der Waals surface area contributed by atoms with Crippen molar-refractivity contribution >= 4 is 6.09 Å². The topological polar surface area (TPSA) is 55.6 Å². The summed E-state index contributed by atoms with van der Waals surface area (Å²) >= 11 is 0. The van der Waals surface area contributed by atoms with E-state index < -0.39 is 5.60 Å². The van der Waals surface area contributed by atoms with Crippen molar-refractivity contribution in [2.24, 2.45) is 5.73 Å². The van der Waals surface area contributed by atoms with Crippen molar-refractivity contribution in [1.82, 2.24) is 4.90 Å². The van der Waals surface area contributed by atoms with Crippen LogP contribution >= 0.6 is 0 Å². The summed E-state index contributed by atoms with van der Waals surface area (Å²) in [5.74, 6) is 0. The molecule has 2 N–H and O–H groups in total. The van der Waals surface area contributed by atoms with E-state index in [-0.39, 0.29) is 6.09 Å². The van der Waals surface area contributed by atoms with E-state index >= 15 is 0 Å². The van der Waals surface area contributed by atoms with Crippen LogP contribution in [0.4, 0.5) is 4.79 Å². The molecule has 0 atom stereocenters. The Bertz CT molecular complexity index is 212. The number of carbonyl (C=O) groups excluding carboxylic acids is 1. The Balaban J connectivity index is 4.19. The molecule has 0 heterocycles. The van der Waals surface area contributed by atoms with Gasteiger partial charge >= 0.3 is 6.09 Å². The quantitative estimate of drug-likeness (QED) is 0.701. The van der Waals surface area contributed by atoms with E-state index in [9.17, 15) is 4.79 Å². The first-order valence-corrected chi connectivity index (χ1v) is 6.58. The van der Waals surface area contributed by atoms with Crippen molar-refractivity contribution in [3.05, 3.63) is 0 Å². The first-order valence-electron chi connectivity index (χ1n) is 6.58. The summed E-state index contributed by atoms with van der Waals surface area (Å²) in [5.41, 5.74) is 5.04. The zero-order valence-electron chi connectivity index (χ0n) is 11.8. The van der Waals surface area contributed by atoms with Crippen LogP contribution in [-0.2, 0) is 4.74 Å². The molecule has 17 heavy (non-hydrogen) atoms. The van der Waals surface area contributed by atoms with Crippen molar-refractivity contribution in [3.63, 3.8) is 0 Å². The number of unbranched alkanes of at least 4 members (excludes halogenated alkanes) is 2. The number of hydrogen-bond donors (Lipinski definition) is 1. The second kappa shape index (κ2) is 8.34. The van der Waals surface area contributed by atoms with Gasteiger partial charge in [-0.3, -0.25) is 0 Å². The summed E-state index contributed by atoms with van der Waals surface area (Å²) in [5, 5.41) is 0. The van der Waals surface area contributed by atoms with Gasteiger partial charge in [0, 0.05) is 13.1 Å². The molecule has 0 unspecified atom stereocenters. The van der Waals surface area contributed by atoms with E-state index in [0.29, 0.717) is 6.54 Å². The lowest BCUT2D eigenvalue weighted by Crippen LogP contribution is -2.38. The van der Waals surface area contributed by atoms with E-state index in [0.717, 1.165) is 38.8 Å². The SMILES string of the molecule is CCCCN(CCCCN)C(=O)OC(C)(C)C. The molecule has 0 rings (SSSR count). The van der Waals surface area contributed by atoms with Crippen molar-refractivity contribution in [1.29, 1.82) is 0 Å². The molecule has 0 aliphatic heterocycles. The maximum atomic E-state index is 11.9. The Morgan fingerprint density at radius 2 is 1.76 bits per heavy atom. The largest absolute Gasteiger partial charge is 0.444 e. The Labute approximate surface area is 105 Å². The smallest absolute Gasteiger partial charge is 0.410 e. The molecular weight excluding hydrogens is 216 g/mol. The second-order valence-corrected chi connectivity index (χ2v) is 5.32. The third kappa shape index (κ3) is 8.98. The number of amides is 1. The fraction of sp³-hybridized carbons (Fsp3) is 0.923. The molecule has 0 bridgehead atoms. The van der Waals surface area contributed by atoms with Gasteiger partial charge in [0.05, 0.1) is 0 Å². The zero-order valence-corrected chi connectivity index (χ0v) is 11.8. The number of ether oxygens (including phenoxy) is 1. The van der Waals surface area contributed by atoms with Crippen molar-refractivity contribution in [3.8, 4) is 0 Å². The number of rotatable bonds is 7. The molecule has 0 aromatic rings. The standard InChI is InChI=1S/C13H28N2O2/c1-5-6-10-15(11-8-7-9-14)12(16)17-13(2,3)4/h5-11,14H2,1-4H3.